The first kappa shape index (κ1) is 53.4. The van der Waals surface area contributed by atoms with Crippen LogP contribution in [0.15, 0.2) is 0 Å². The zero-order valence-corrected chi connectivity index (χ0v) is 37.6. The highest BCUT2D eigenvalue weighted by Gasteiger charge is 2.19. The van der Waals surface area contributed by atoms with Gasteiger partial charge in [-0.25, -0.2) is 0 Å². The highest BCUT2D eigenvalue weighted by atomic mass is 16.6. The summed E-state index contributed by atoms with van der Waals surface area (Å²) in [5.41, 5.74) is 0. The highest BCUT2D eigenvalue weighted by molar-refractivity contribution is 5.71. The van der Waals surface area contributed by atoms with Crippen molar-refractivity contribution in [2.75, 3.05) is 13.2 Å². The summed E-state index contributed by atoms with van der Waals surface area (Å²) in [7, 11) is 0. The van der Waals surface area contributed by atoms with E-state index in [-0.39, 0.29) is 31.1 Å². The molecule has 0 aliphatic heterocycles. The average molecular weight is 779 g/mol. The second-order valence-corrected chi connectivity index (χ2v) is 17.2. The molecule has 0 radical (unpaired) electrons. The van der Waals surface area contributed by atoms with Gasteiger partial charge >= 0.3 is 17.9 Å². The molecule has 326 valence electrons. The fourth-order valence-corrected chi connectivity index (χ4v) is 7.22. The summed E-state index contributed by atoms with van der Waals surface area (Å²) in [6, 6.07) is 0. The van der Waals surface area contributed by atoms with Crippen molar-refractivity contribution in [2.45, 2.75) is 272 Å². The first-order valence-electron chi connectivity index (χ1n) is 24.3. The molecule has 0 saturated carbocycles. The van der Waals surface area contributed by atoms with E-state index in [1.807, 2.05) is 0 Å². The molecule has 0 aliphatic rings. The van der Waals surface area contributed by atoms with Gasteiger partial charge in [0.25, 0.3) is 0 Å². The van der Waals surface area contributed by atoms with Crippen LogP contribution < -0.4 is 0 Å². The molecule has 0 spiro atoms. The molecule has 0 fully saturated rings. The number of rotatable bonds is 43. The van der Waals surface area contributed by atoms with Crippen LogP contribution in [0, 0.1) is 11.8 Å². The van der Waals surface area contributed by atoms with Crippen LogP contribution in [0.5, 0.6) is 0 Å². The normalized spacial score (nSPS) is 13.0. The molecular formula is C49H94O6. The first-order chi connectivity index (χ1) is 26.8. The number of carbonyl (C=O) groups excluding carboxylic acids is 3. The van der Waals surface area contributed by atoms with Crippen LogP contribution >= 0.6 is 0 Å². The Morgan fingerprint density at radius 2 is 0.636 bits per heavy atom. The maximum absolute atomic E-state index is 12.7. The van der Waals surface area contributed by atoms with Crippen LogP contribution in [0.25, 0.3) is 0 Å². The number of esters is 3. The number of hydrogen-bond donors (Lipinski definition) is 0. The topological polar surface area (TPSA) is 78.9 Å². The maximum Gasteiger partial charge on any atom is 0.306 e. The summed E-state index contributed by atoms with van der Waals surface area (Å²) in [6.45, 7) is 11.3. The van der Waals surface area contributed by atoms with Crippen molar-refractivity contribution >= 4 is 17.9 Å². The summed E-state index contributed by atoms with van der Waals surface area (Å²) in [4.78, 5) is 37.8. The molecule has 0 aromatic heterocycles. The minimum absolute atomic E-state index is 0.0652. The Balaban J connectivity index is 4.32. The minimum Gasteiger partial charge on any atom is -0.462 e. The number of ether oxygens (including phenoxy) is 3. The van der Waals surface area contributed by atoms with Crippen molar-refractivity contribution in [1.82, 2.24) is 0 Å². The standard InChI is InChI=1S/C49H94O6/c1-6-9-10-11-12-13-14-15-16-17-18-19-23-29-34-39-47(50)53-42-46(43-54-48(51)40-35-30-26-25-28-33-38-45(5)8-3)55-49(52)41-36-31-24-21-20-22-27-32-37-44(4)7-2/h44-46H,6-43H2,1-5H3/t44?,45?,46-/m0/s1. The molecule has 0 amide bonds. The van der Waals surface area contributed by atoms with E-state index in [1.165, 1.54) is 154 Å². The van der Waals surface area contributed by atoms with Gasteiger partial charge in [0.15, 0.2) is 6.10 Å². The third-order valence-corrected chi connectivity index (χ3v) is 11.7. The van der Waals surface area contributed by atoms with Gasteiger partial charge in [-0.3, -0.25) is 14.4 Å². The van der Waals surface area contributed by atoms with Gasteiger partial charge in [-0.1, -0.05) is 227 Å². The average Bonchev–Trinajstić information content (AvgIpc) is 3.18. The van der Waals surface area contributed by atoms with Crippen molar-refractivity contribution in [3.63, 3.8) is 0 Å². The van der Waals surface area contributed by atoms with Gasteiger partial charge in [0.2, 0.25) is 0 Å². The fourth-order valence-electron chi connectivity index (χ4n) is 7.22. The maximum atomic E-state index is 12.7. The van der Waals surface area contributed by atoms with Crippen LogP contribution in [0.4, 0.5) is 0 Å². The van der Waals surface area contributed by atoms with E-state index in [9.17, 15) is 14.4 Å². The third kappa shape index (κ3) is 40.4. The molecule has 0 N–H and O–H groups in total. The number of unbranched alkanes of at least 4 members (excludes halogenated alkanes) is 26. The van der Waals surface area contributed by atoms with E-state index < -0.39 is 6.10 Å². The molecule has 55 heavy (non-hydrogen) atoms. The smallest absolute Gasteiger partial charge is 0.306 e. The summed E-state index contributed by atoms with van der Waals surface area (Å²) in [5, 5.41) is 0. The van der Waals surface area contributed by atoms with Crippen molar-refractivity contribution < 1.29 is 28.6 Å². The molecule has 0 aromatic carbocycles. The first-order valence-corrected chi connectivity index (χ1v) is 24.3. The van der Waals surface area contributed by atoms with Gasteiger partial charge in [-0.05, 0) is 31.1 Å². The Kier molecular flexibility index (Phi) is 40.8. The molecule has 0 saturated heterocycles. The lowest BCUT2D eigenvalue weighted by atomic mass is 9.99. The number of hydrogen-bond acceptors (Lipinski definition) is 6. The van der Waals surface area contributed by atoms with Gasteiger partial charge < -0.3 is 14.2 Å². The van der Waals surface area contributed by atoms with E-state index >= 15 is 0 Å². The molecule has 0 aromatic rings. The molecule has 6 nitrogen and oxygen atoms in total. The van der Waals surface area contributed by atoms with Crippen LogP contribution in [0.3, 0.4) is 0 Å². The van der Waals surface area contributed by atoms with Crippen molar-refractivity contribution in [1.29, 1.82) is 0 Å². The Labute approximate surface area is 342 Å². The van der Waals surface area contributed by atoms with Crippen LogP contribution in [0.2, 0.25) is 0 Å². The van der Waals surface area contributed by atoms with Crippen molar-refractivity contribution in [3.05, 3.63) is 0 Å². The van der Waals surface area contributed by atoms with E-state index in [0.29, 0.717) is 19.3 Å². The zero-order valence-electron chi connectivity index (χ0n) is 37.6. The summed E-state index contributed by atoms with van der Waals surface area (Å²) in [6.07, 6.45) is 40.8. The van der Waals surface area contributed by atoms with Gasteiger partial charge in [0, 0.05) is 19.3 Å². The van der Waals surface area contributed by atoms with Gasteiger partial charge in [-0.15, -0.1) is 0 Å². The molecule has 2 unspecified atom stereocenters. The van der Waals surface area contributed by atoms with E-state index in [1.54, 1.807) is 0 Å². The Morgan fingerprint density at radius 1 is 0.364 bits per heavy atom. The SMILES string of the molecule is CCCCCCCCCCCCCCCCCC(=O)OC[C@@H](COC(=O)CCCCCCCCC(C)CC)OC(=O)CCCCCCCCCCC(C)CC. The van der Waals surface area contributed by atoms with E-state index in [2.05, 4.69) is 34.6 Å². The highest BCUT2D eigenvalue weighted by Crippen LogP contribution is 2.18. The lowest BCUT2D eigenvalue weighted by Gasteiger charge is -2.18. The van der Waals surface area contributed by atoms with Crippen LogP contribution in [-0.4, -0.2) is 37.2 Å². The largest absolute Gasteiger partial charge is 0.462 e. The Hall–Kier alpha value is -1.59. The minimum atomic E-state index is -0.762. The quantitative estimate of drug-likeness (QED) is 0.0348. The summed E-state index contributed by atoms with van der Waals surface area (Å²) in [5.74, 6) is 0.802. The zero-order chi connectivity index (χ0) is 40.5. The molecule has 0 aliphatic carbocycles. The lowest BCUT2D eigenvalue weighted by molar-refractivity contribution is -0.167. The van der Waals surface area contributed by atoms with Crippen molar-refractivity contribution in [3.8, 4) is 0 Å². The predicted molar refractivity (Wildman–Crippen MR) is 233 cm³/mol. The third-order valence-electron chi connectivity index (χ3n) is 11.7. The van der Waals surface area contributed by atoms with E-state index in [4.69, 9.17) is 14.2 Å². The molecule has 0 heterocycles. The fraction of sp³-hybridized carbons (Fsp3) is 0.939. The second-order valence-electron chi connectivity index (χ2n) is 17.2. The molecule has 0 bridgehead atoms. The van der Waals surface area contributed by atoms with E-state index in [0.717, 1.165) is 69.6 Å². The lowest BCUT2D eigenvalue weighted by Crippen LogP contribution is -2.30. The predicted octanol–water partition coefficient (Wildman–Crippen LogP) is 15.4. The van der Waals surface area contributed by atoms with Gasteiger partial charge in [-0.2, -0.15) is 0 Å². The Morgan fingerprint density at radius 3 is 0.945 bits per heavy atom. The van der Waals surface area contributed by atoms with Crippen LogP contribution in [-0.2, 0) is 28.6 Å². The summed E-state index contributed by atoms with van der Waals surface area (Å²) < 4.78 is 16.7. The molecule has 3 atom stereocenters. The Bertz CT molecular complexity index is 843. The van der Waals surface area contributed by atoms with Crippen LogP contribution in [0.1, 0.15) is 266 Å². The van der Waals surface area contributed by atoms with Gasteiger partial charge in [0.1, 0.15) is 13.2 Å². The monoisotopic (exact) mass is 779 g/mol. The number of carbonyl (C=O) groups is 3. The van der Waals surface area contributed by atoms with Gasteiger partial charge in [0.05, 0.1) is 0 Å². The molecular weight excluding hydrogens is 685 g/mol. The molecule has 6 heteroatoms. The van der Waals surface area contributed by atoms with Crippen molar-refractivity contribution in [2.24, 2.45) is 11.8 Å². The second kappa shape index (κ2) is 42.0. The summed E-state index contributed by atoms with van der Waals surface area (Å²) >= 11 is 0. The molecule has 0 rings (SSSR count).